The van der Waals surface area contributed by atoms with Crippen molar-refractivity contribution >= 4 is 27.5 Å². The first-order valence-electron chi connectivity index (χ1n) is 17.1. The molecule has 0 aliphatic heterocycles. The molecule has 3 heterocycles. The summed E-state index contributed by atoms with van der Waals surface area (Å²) < 4.78 is 6.76. The second-order valence-electron chi connectivity index (χ2n) is 14.3. The van der Waals surface area contributed by atoms with Crippen molar-refractivity contribution in [3.8, 4) is 45.4 Å². The zero-order chi connectivity index (χ0) is 34.4. The largest absolute Gasteiger partial charge is 0.455 e. The van der Waals surface area contributed by atoms with Crippen molar-refractivity contribution in [2.75, 3.05) is 0 Å². The van der Waals surface area contributed by atoms with E-state index < -0.39 is 0 Å². The fraction of sp³-hybridized carbons (Fsp3) is 0.156. The first-order chi connectivity index (χ1) is 24.2. The third kappa shape index (κ3) is 4.26. The fourth-order valence-electron chi connectivity index (χ4n) is 8.18. The summed E-state index contributed by atoms with van der Waals surface area (Å²) in [6, 6.07) is 31.7. The number of allylic oxidation sites excluding steroid dienone is 5. The summed E-state index contributed by atoms with van der Waals surface area (Å²) in [6.07, 6.45) is 8.01. The second kappa shape index (κ2) is 10.8. The van der Waals surface area contributed by atoms with Gasteiger partial charge >= 0.3 is 0 Å². The first kappa shape index (κ1) is 30.1. The summed E-state index contributed by atoms with van der Waals surface area (Å²) in [5.74, 6) is 1.63. The average Bonchev–Trinajstić information content (AvgIpc) is 3.69. The summed E-state index contributed by atoms with van der Waals surface area (Å²) in [7, 11) is 0. The molecule has 0 N–H and O–H groups in total. The number of rotatable bonds is 5. The molecule has 0 saturated carbocycles. The lowest BCUT2D eigenvalue weighted by Crippen LogP contribution is -2.16. The minimum atomic E-state index is -0.225. The second-order valence-corrected chi connectivity index (χ2v) is 14.3. The molecule has 0 saturated heterocycles. The minimum Gasteiger partial charge on any atom is -0.455 e. The van der Waals surface area contributed by atoms with E-state index in [4.69, 9.17) is 19.4 Å². The number of para-hydroxylation sites is 1. The van der Waals surface area contributed by atoms with E-state index in [0.29, 0.717) is 23.2 Å². The molecule has 5 heteroatoms. The van der Waals surface area contributed by atoms with Gasteiger partial charge in [-0.3, -0.25) is 4.98 Å². The molecular formula is C45H36N4O. The van der Waals surface area contributed by atoms with E-state index in [9.17, 15) is 0 Å². The van der Waals surface area contributed by atoms with Crippen molar-refractivity contribution in [3.05, 3.63) is 150 Å². The summed E-state index contributed by atoms with van der Waals surface area (Å²) in [6.45, 7) is 15.3. The van der Waals surface area contributed by atoms with Gasteiger partial charge in [-0.15, -0.1) is 0 Å². The predicted octanol–water partition coefficient (Wildman–Crippen LogP) is 11.3. The van der Waals surface area contributed by atoms with Crippen LogP contribution in [0.25, 0.3) is 72.9 Å². The highest BCUT2D eigenvalue weighted by Crippen LogP contribution is 2.51. The minimum absolute atomic E-state index is 0.122. The van der Waals surface area contributed by atoms with E-state index in [0.717, 1.165) is 33.1 Å². The standard InChI is InChI=1S/C45H36N4O/c1-7-14-27-29-21-20-26(23-36(29)44(3,4)34(27)8-2)41-47-42(49-43(48-41)38-19-11-12-22-46-38)31-17-13-16-30-33-24-32-28-15-9-10-18-35(28)45(5,6)37(32)25-39(33)50-40(30)31/h7-25H,2H2,1,3-6H3/b14-7-. The van der Waals surface area contributed by atoms with Gasteiger partial charge in [0.05, 0.1) is 5.56 Å². The van der Waals surface area contributed by atoms with Crippen molar-refractivity contribution in [1.82, 2.24) is 19.9 Å². The molecule has 5 nitrogen and oxygen atoms in total. The Morgan fingerprint density at radius 2 is 1.40 bits per heavy atom. The van der Waals surface area contributed by atoms with Gasteiger partial charge in [0.25, 0.3) is 0 Å². The number of hydrogen-bond acceptors (Lipinski definition) is 5. The number of furan rings is 1. The molecule has 242 valence electrons. The molecule has 4 aromatic carbocycles. The van der Waals surface area contributed by atoms with Gasteiger partial charge in [0, 0.05) is 33.4 Å². The number of benzene rings is 4. The van der Waals surface area contributed by atoms with Gasteiger partial charge in [-0.1, -0.05) is 107 Å². The van der Waals surface area contributed by atoms with Crippen LogP contribution in [0.15, 0.2) is 132 Å². The van der Waals surface area contributed by atoms with E-state index >= 15 is 0 Å². The monoisotopic (exact) mass is 648 g/mol. The Morgan fingerprint density at radius 1 is 0.640 bits per heavy atom. The molecule has 0 amide bonds. The van der Waals surface area contributed by atoms with Crippen LogP contribution in [0.5, 0.6) is 0 Å². The Labute approximate surface area is 291 Å². The predicted molar refractivity (Wildman–Crippen MR) is 204 cm³/mol. The summed E-state index contributed by atoms with van der Waals surface area (Å²) in [5, 5.41) is 2.11. The van der Waals surface area contributed by atoms with E-state index in [1.54, 1.807) is 6.20 Å². The van der Waals surface area contributed by atoms with Gasteiger partial charge in [-0.2, -0.15) is 0 Å². The van der Waals surface area contributed by atoms with Crippen LogP contribution in [0.3, 0.4) is 0 Å². The Kier molecular flexibility index (Phi) is 6.50. The van der Waals surface area contributed by atoms with Crippen LogP contribution < -0.4 is 0 Å². The molecule has 50 heavy (non-hydrogen) atoms. The molecule has 0 unspecified atom stereocenters. The molecule has 0 radical (unpaired) electrons. The van der Waals surface area contributed by atoms with Crippen LogP contribution >= 0.6 is 0 Å². The molecule has 0 atom stereocenters. The van der Waals surface area contributed by atoms with Crippen LogP contribution in [0.2, 0.25) is 0 Å². The van der Waals surface area contributed by atoms with Crippen molar-refractivity contribution in [2.24, 2.45) is 0 Å². The summed E-state index contributed by atoms with van der Waals surface area (Å²) >= 11 is 0. The maximum atomic E-state index is 6.76. The zero-order valence-corrected chi connectivity index (χ0v) is 28.9. The Balaban J connectivity index is 1.24. The maximum Gasteiger partial charge on any atom is 0.182 e. The Bertz CT molecular complexity index is 2620. The highest BCUT2D eigenvalue weighted by atomic mass is 16.3. The molecule has 2 aliphatic rings. The third-order valence-corrected chi connectivity index (χ3v) is 10.7. The molecular weight excluding hydrogens is 613 g/mol. The lowest BCUT2D eigenvalue weighted by atomic mass is 9.80. The normalized spacial score (nSPS) is 15.5. The molecule has 2 aliphatic carbocycles. The zero-order valence-electron chi connectivity index (χ0n) is 28.9. The van der Waals surface area contributed by atoms with Crippen LogP contribution in [0.4, 0.5) is 0 Å². The van der Waals surface area contributed by atoms with Gasteiger partial charge in [0.2, 0.25) is 0 Å². The number of hydrogen-bond donors (Lipinski definition) is 0. The maximum absolute atomic E-state index is 6.76. The Morgan fingerprint density at radius 3 is 2.20 bits per heavy atom. The van der Waals surface area contributed by atoms with Crippen LogP contribution in [0, 0.1) is 0 Å². The average molecular weight is 649 g/mol. The SMILES string of the molecule is C=CC1=C(/C=C\C)c2ccc(-c3nc(-c4ccccn4)nc(-c4cccc5c4oc4cc6c(cc45)-c4ccccc4C6(C)C)n3)cc2C1(C)C. The third-order valence-electron chi connectivity index (χ3n) is 10.7. The quantitative estimate of drug-likeness (QED) is 0.186. The summed E-state index contributed by atoms with van der Waals surface area (Å²) in [4.78, 5) is 19.8. The van der Waals surface area contributed by atoms with E-state index in [2.05, 4.69) is 118 Å². The van der Waals surface area contributed by atoms with Gasteiger partial charge in [-0.25, -0.2) is 15.0 Å². The van der Waals surface area contributed by atoms with E-state index in [1.165, 1.54) is 44.5 Å². The Hall–Kier alpha value is -5.94. The van der Waals surface area contributed by atoms with Crippen LogP contribution in [-0.4, -0.2) is 19.9 Å². The van der Waals surface area contributed by atoms with Gasteiger partial charge < -0.3 is 4.42 Å². The lowest BCUT2D eigenvalue weighted by Gasteiger charge is -2.23. The number of nitrogens with zero attached hydrogens (tertiary/aromatic N) is 4. The number of pyridine rings is 1. The highest BCUT2D eigenvalue weighted by Gasteiger charge is 2.37. The van der Waals surface area contributed by atoms with E-state index in [-0.39, 0.29) is 10.8 Å². The van der Waals surface area contributed by atoms with Crippen molar-refractivity contribution < 1.29 is 4.42 Å². The highest BCUT2D eigenvalue weighted by molar-refractivity contribution is 6.11. The van der Waals surface area contributed by atoms with E-state index in [1.807, 2.05) is 37.3 Å². The number of aromatic nitrogens is 4. The smallest absolute Gasteiger partial charge is 0.182 e. The molecule has 0 fully saturated rings. The first-order valence-corrected chi connectivity index (χ1v) is 17.1. The molecule has 0 bridgehead atoms. The van der Waals surface area contributed by atoms with Crippen molar-refractivity contribution in [1.29, 1.82) is 0 Å². The van der Waals surface area contributed by atoms with Crippen LogP contribution in [-0.2, 0) is 10.8 Å². The van der Waals surface area contributed by atoms with Crippen LogP contribution in [0.1, 0.15) is 56.9 Å². The number of fused-ring (bicyclic) bond motifs is 7. The lowest BCUT2D eigenvalue weighted by molar-refractivity contribution is 0.647. The van der Waals surface area contributed by atoms with Crippen molar-refractivity contribution in [2.45, 2.75) is 45.4 Å². The van der Waals surface area contributed by atoms with Gasteiger partial charge in [-0.05, 0) is 87.8 Å². The molecule has 9 rings (SSSR count). The molecule has 7 aromatic rings. The van der Waals surface area contributed by atoms with Gasteiger partial charge in [0.15, 0.2) is 17.5 Å². The molecule has 0 spiro atoms. The summed E-state index contributed by atoms with van der Waals surface area (Å²) in [5.41, 5.74) is 13.7. The topological polar surface area (TPSA) is 64.7 Å². The molecule has 3 aromatic heterocycles. The van der Waals surface area contributed by atoms with Crippen molar-refractivity contribution in [3.63, 3.8) is 0 Å². The van der Waals surface area contributed by atoms with Gasteiger partial charge in [0.1, 0.15) is 16.9 Å². The fourth-order valence-corrected chi connectivity index (χ4v) is 8.18.